The lowest BCUT2D eigenvalue weighted by Gasteiger charge is -2.15. The zero-order valence-corrected chi connectivity index (χ0v) is 14.2. The van der Waals surface area contributed by atoms with Crippen LogP contribution in [0, 0.1) is 0 Å². The highest BCUT2D eigenvalue weighted by molar-refractivity contribution is 5.74. The van der Waals surface area contributed by atoms with E-state index in [4.69, 9.17) is 0 Å². The number of urea groups is 1. The van der Waals surface area contributed by atoms with Crippen LogP contribution in [0.5, 0.6) is 0 Å². The smallest absolute Gasteiger partial charge is 0.315 e. The molecule has 5 nitrogen and oxygen atoms in total. The molecule has 0 bridgehead atoms. The van der Waals surface area contributed by atoms with Crippen molar-refractivity contribution in [1.82, 2.24) is 20.2 Å². The first-order valence-electron chi connectivity index (χ1n) is 8.33. The predicted octanol–water partition coefficient (Wildman–Crippen LogP) is 3.49. The van der Waals surface area contributed by atoms with E-state index < -0.39 is 0 Å². The average Bonchev–Trinajstić information content (AvgIpc) is 3.14. The van der Waals surface area contributed by atoms with Crippen LogP contribution in [-0.4, -0.2) is 15.6 Å². The van der Waals surface area contributed by atoms with Gasteiger partial charge >= 0.3 is 6.03 Å². The van der Waals surface area contributed by atoms with E-state index in [2.05, 4.69) is 27.8 Å². The van der Waals surface area contributed by atoms with E-state index in [9.17, 15) is 4.79 Å². The van der Waals surface area contributed by atoms with E-state index >= 15 is 0 Å². The standard InChI is InChI=1S/C20H22N4O/c1-16(19-8-3-2-4-9-19)23-20(25)22-13-17-6-5-7-18(12-17)14-24-11-10-21-15-24/h2-12,15-16H,13-14H2,1H3,(H2,22,23,25). The van der Waals surface area contributed by atoms with Crippen molar-refractivity contribution in [3.05, 3.63) is 90.0 Å². The number of nitrogens with one attached hydrogen (secondary N) is 2. The molecule has 0 aliphatic rings. The molecule has 5 heteroatoms. The maximum Gasteiger partial charge on any atom is 0.315 e. The number of hydrogen-bond acceptors (Lipinski definition) is 2. The highest BCUT2D eigenvalue weighted by Gasteiger charge is 2.08. The summed E-state index contributed by atoms with van der Waals surface area (Å²) in [5.74, 6) is 0. The van der Waals surface area contributed by atoms with Crippen molar-refractivity contribution in [2.24, 2.45) is 0 Å². The number of carbonyl (C=O) groups is 1. The molecule has 0 aliphatic carbocycles. The number of imidazole rings is 1. The Kier molecular flexibility index (Phi) is 5.46. The number of rotatable bonds is 6. The number of nitrogens with zero attached hydrogens (tertiary/aromatic N) is 2. The zero-order valence-electron chi connectivity index (χ0n) is 14.2. The van der Waals surface area contributed by atoms with Gasteiger partial charge in [-0.25, -0.2) is 9.78 Å². The summed E-state index contributed by atoms with van der Waals surface area (Å²) in [4.78, 5) is 16.2. The fourth-order valence-electron chi connectivity index (χ4n) is 2.68. The summed E-state index contributed by atoms with van der Waals surface area (Å²) in [7, 11) is 0. The monoisotopic (exact) mass is 334 g/mol. The molecule has 1 unspecified atom stereocenters. The van der Waals surface area contributed by atoms with Crippen LogP contribution >= 0.6 is 0 Å². The first-order chi connectivity index (χ1) is 12.2. The molecule has 1 atom stereocenters. The third-order valence-corrected chi connectivity index (χ3v) is 4.02. The first-order valence-corrected chi connectivity index (χ1v) is 8.33. The Hall–Kier alpha value is -3.08. The summed E-state index contributed by atoms with van der Waals surface area (Å²) in [5, 5.41) is 5.87. The van der Waals surface area contributed by atoms with E-state index in [-0.39, 0.29) is 12.1 Å². The molecule has 2 aromatic carbocycles. The van der Waals surface area contributed by atoms with Crippen LogP contribution in [0.2, 0.25) is 0 Å². The van der Waals surface area contributed by atoms with Crippen LogP contribution in [0.4, 0.5) is 4.79 Å². The Bertz CT molecular complexity index is 800. The lowest BCUT2D eigenvalue weighted by atomic mass is 10.1. The molecule has 3 aromatic rings. The molecular formula is C20H22N4O. The SMILES string of the molecule is CC(NC(=O)NCc1cccc(Cn2ccnc2)c1)c1ccccc1. The Labute approximate surface area is 147 Å². The number of benzene rings is 2. The highest BCUT2D eigenvalue weighted by atomic mass is 16.2. The second-order valence-electron chi connectivity index (χ2n) is 6.01. The molecule has 1 heterocycles. The molecule has 0 saturated carbocycles. The van der Waals surface area contributed by atoms with Crippen molar-refractivity contribution >= 4 is 6.03 Å². The first kappa shape index (κ1) is 16.8. The number of hydrogen-bond donors (Lipinski definition) is 2. The van der Waals surface area contributed by atoms with E-state index in [0.717, 1.165) is 17.7 Å². The summed E-state index contributed by atoms with van der Waals surface area (Å²) >= 11 is 0. The van der Waals surface area contributed by atoms with Gasteiger partial charge in [-0.05, 0) is 23.6 Å². The summed E-state index contributed by atoms with van der Waals surface area (Å²) in [5.41, 5.74) is 3.33. The van der Waals surface area contributed by atoms with Gasteiger partial charge in [-0.2, -0.15) is 0 Å². The van der Waals surface area contributed by atoms with Crippen molar-refractivity contribution in [1.29, 1.82) is 0 Å². The van der Waals surface area contributed by atoms with Gasteiger partial charge in [0.1, 0.15) is 0 Å². The molecule has 2 amide bonds. The van der Waals surface area contributed by atoms with Crippen LogP contribution in [0.3, 0.4) is 0 Å². The molecule has 128 valence electrons. The molecule has 0 aliphatic heterocycles. The maximum atomic E-state index is 12.1. The summed E-state index contributed by atoms with van der Waals surface area (Å²) in [6, 6.07) is 17.9. The van der Waals surface area contributed by atoms with Crippen molar-refractivity contribution in [3.8, 4) is 0 Å². The molecule has 0 radical (unpaired) electrons. The van der Waals surface area contributed by atoms with Gasteiger partial charge in [0.05, 0.1) is 12.4 Å². The molecule has 2 N–H and O–H groups in total. The van der Waals surface area contributed by atoms with Crippen molar-refractivity contribution in [2.45, 2.75) is 26.1 Å². The summed E-state index contributed by atoms with van der Waals surface area (Å²) < 4.78 is 2.01. The lowest BCUT2D eigenvalue weighted by molar-refractivity contribution is 0.237. The maximum absolute atomic E-state index is 12.1. The predicted molar refractivity (Wildman–Crippen MR) is 98.0 cm³/mol. The van der Waals surface area contributed by atoms with Crippen LogP contribution in [0.15, 0.2) is 73.3 Å². The topological polar surface area (TPSA) is 59.0 Å². The van der Waals surface area contributed by atoms with Gasteiger partial charge < -0.3 is 15.2 Å². The van der Waals surface area contributed by atoms with Gasteiger partial charge in [0.15, 0.2) is 0 Å². The summed E-state index contributed by atoms with van der Waals surface area (Å²) in [6.45, 7) is 3.23. The van der Waals surface area contributed by atoms with Gasteiger partial charge in [0, 0.05) is 25.5 Å². The van der Waals surface area contributed by atoms with Crippen molar-refractivity contribution in [3.63, 3.8) is 0 Å². The highest BCUT2D eigenvalue weighted by Crippen LogP contribution is 2.11. The normalized spacial score (nSPS) is 11.7. The second kappa shape index (κ2) is 8.15. The van der Waals surface area contributed by atoms with E-state index in [1.807, 2.05) is 60.2 Å². The lowest BCUT2D eigenvalue weighted by Crippen LogP contribution is -2.36. The molecule has 0 spiro atoms. The van der Waals surface area contributed by atoms with Crippen LogP contribution in [-0.2, 0) is 13.1 Å². The van der Waals surface area contributed by atoms with Gasteiger partial charge in [0.25, 0.3) is 0 Å². The fraction of sp³-hybridized carbons (Fsp3) is 0.200. The number of carbonyl (C=O) groups excluding carboxylic acids is 1. The van der Waals surface area contributed by atoms with E-state index in [1.54, 1.807) is 12.5 Å². The Morgan fingerprint density at radius 3 is 2.68 bits per heavy atom. The molecular weight excluding hydrogens is 312 g/mol. The van der Waals surface area contributed by atoms with Gasteiger partial charge in [-0.3, -0.25) is 0 Å². The van der Waals surface area contributed by atoms with Gasteiger partial charge in [-0.15, -0.1) is 0 Å². The quantitative estimate of drug-likeness (QED) is 0.725. The average molecular weight is 334 g/mol. The Morgan fingerprint density at radius 1 is 1.12 bits per heavy atom. The van der Waals surface area contributed by atoms with Gasteiger partial charge in [-0.1, -0.05) is 54.6 Å². The number of aromatic nitrogens is 2. The largest absolute Gasteiger partial charge is 0.334 e. The fourth-order valence-corrected chi connectivity index (χ4v) is 2.68. The zero-order chi connectivity index (χ0) is 17.5. The number of amides is 2. The third-order valence-electron chi connectivity index (χ3n) is 4.02. The molecule has 0 fully saturated rings. The minimum absolute atomic E-state index is 0.0335. The molecule has 3 rings (SSSR count). The molecule has 1 aromatic heterocycles. The molecule has 25 heavy (non-hydrogen) atoms. The second-order valence-corrected chi connectivity index (χ2v) is 6.01. The Morgan fingerprint density at radius 2 is 1.92 bits per heavy atom. The van der Waals surface area contributed by atoms with Crippen LogP contribution in [0.25, 0.3) is 0 Å². The van der Waals surface area contributed by atoms with Crippen molar-refractivity contribution < 1.29 is 4.79 Å². The van der Waals surface area contributed by atoms with E-state index in [1.165, 1.54) is 5.56 Å². The molecule has 0 saturated heterocycles. The van der Waals surface area contributed by atoms with Crippen LogP contribution in [0.1, 0.15) is 29.7 Å². The third kappa shape index (κ3) is 4.94. The minimum Gasteiger partial charge on any atom is -0.334 e. The van der Waals surface area contributed by atoms with Gasteiger partial charge in [0.2, 0.25) is 0 Å². The van der Waals surface area contributed by atoms with Crippen molar-refractivity contribution in [2.75, 3.05) is 0 Å². The van der Waals surface area contributed by atoms with E-state index in [0.29, 0.717) is 6.54 Å². The van der Waals surface area contributed by atoms with Crippen LogP contribution < -0.4 is 10.6 Å². The summed E-state index contributed by atoms with van der Waals surface area (Å²) in [6.07, 6.45) is 5.50. The Balaban J connectivity index is 1.52. The minimum atomic E-state index is -0.170.